The molecule has 0 radical (unpaired) electrons. The van der Waals surface area contributed by atoms with Crippen LogP contribution in [-0.2, 0) is 10.3 Å². The molecule has 2 heterocycles. The topological polar surface area (TPSA) is 89.3 Å². The van der Waals surface area contributed by atoms with E-state index in [2.05, 4.69) is 15.6 Å². The third-order valence-electron chi connectivity index (χ3n) is 4.18. The third-order valence-corrected chi connectivity index (χ3v) is 4.18. The molecule has 1 saturated heterocycles. The first-order valence-electron chi connectivity index (χ1n) is 7.76. The molecule has 1 aliphatic rings. The summed E-state index contributed by atoms with van der Waals surface area (Å²) in [5, 5.41) is 5.65. The number of benzene rings is 1. The second kappa shape index (κ2) is 6.83. The molecular weight excluding hydrogens is 330 g/mol. The van der Waals surface area contributed by atoms with Crippen LogP contribution in [0, 0.1) is 11.6 Å². The van der Waals surface area contributed by atoms with E-state index in [9.17, 15) is 13.6 Å². The lowest BCUT2D eigenvalue weighted by molar-refractivity contribution is -0.0902. The number of hydrogen-bond donors (Lipinski definition) is 3. The van der Waals surface area contributed by atoms with Crippen LogP contribution in [-0.4, -0.2) is 30.2 Å². The molecule has 1 aromatic heterocycles. The molecule has 0 spiro atoms. The van der Waals surface area contributed by atoms with Gasteiger partial charge in [0.25, 0.3) is 5.91 Å². The quantitative estimate of drug-likeness (QED) is 0.786. The molecule has 8 heteroatoms. The van der Waals surface area contributed by atoms with E-state index >= 15 is 0 Å². The molecule has 1 aromatic carbocycles. The fraction of sp³-hybridized carbons (Fsp3) is 0.294. The highest BCUT2D eigenvalue weighted by molar-refractivity contribution is 6.02. The van der Waals surface area contributed by atoms with Crippen molar-refractivity contribution in [1.82, 2.24) is 10.3 Å². The van der Waals surface area contributed by atoms with Crippen LogP contribution >= 0.6 is 0 Å². The van der Waals surface area contributed by atoms with Gasteiger partial charge in [-0.2, -0.15) is 0 Å². The van der Waals surface area contributed by atoms with Gasteiger partial charge in [0, 0.05) is 17.8 Å². The Bertz CT molecular complexity index is 785. The van der Waals surface area contributed by atoms with Gasteiger partial charge >= 0.3 is 0 Å². The standard InChI is InChI=1S/C17H18F2N4O2/c1-17(16(20)21-6-7-25-17)12-8-11(3-4-13(12)19)23-15(24)14-5-2-10(18)9-22-14/h2-5,8-9,16,21H,6-7,20H2,1H3,(H,23,24)/t16-,17+/m1/s1. The van der Waals surface area contributed by atoms with E-state index < -0.39 is 29.3 Å². The van der Waals surface area contributed by atoms with E-state index in [1.165, 1.54) is 24.3 Å². The summed E-state index contributed by atoms with van der Waals surface area (Å²) in [5.41, 5.74) is 5.60. The van der Waals surface area contributed by atoms with Crippen LogP contribution < -0.4 is 16.4 Å². The number of halogens is 2. The number of nitrogens with two attached hydrogens (primary N) is 1. The first kappa shape index (κ1) is 17.4. The SMILES string of the molecule is C[C@@]1(c2cc(NC(=O)c3ccc(F)cn3)ccc2F)OCCN[C@H]1N. The van der Waals surface area contributed by atoms with E-state index in [0.717, 1.165) is 12.3 Å². The highest BCUT2D eigenvalue weighted by Crippen LogP contribution is 2.33. The van der Waals surface area contributed by atoms with E-state index in [4.69, 9.17) is 10.5 Å². The van der Waals surface area contributed by atoms with E-state index in [-0.39, 0.29) is 11.3 Å². The zero-order valence-electron chi connectivity index (χ0n) is 13.6. The van der Waals surface area contributed by atoms with Crippen molar-refractivity contribution in [2.24, 2.45) is 5.73 Å². The van der Waals surface area contributed by atoms with Crippen LogP contribution in [0.5, 0.6) is 0 Å². The number of pyridine rings is 1. The molecule has 0 bridgehead atoms. The zero-order chi connectivity index (χ0) is 18.0. The smallest absolute Gasteiger partial charge is 0.274 e. The summed E-state index contributed by atoms with van der Waals surface area (Å²) in [6.07, 6.45) is 0.354. The normalized spacial score (nSPS) is 23.3. The summed E-state index contributed by atoms with van der Waals surface area (Å²) in [5.74, 6) is -1.56. The predicted molar refractivity (Wildman–Crippen MR) is 87.8 cm³/mol. The third kappa shape index (κ3) is 3.51. The van der Waals surface area contributed by atoms with Crippen LogP contribution in [0.3, 0.4) is 0 Å². The molecule has 1 aliphatic heterocycles. The predicted octanol–water partition coefficient (Wildman–Crippen LogP) is 1.73. The molecule has 1 fully saturated rings. The number of nitrogens with zero attached hydrogens (tertiary/aromatic N) is 1. The maximum absolute atomic E-state index is 14.3. The number of rotatable bonds is 3. The Labute approximate surface area is 143 Å². The van der Waals surface area contributed by atoms with Gasteiger partial charge in [0.1, 0.15) is 22.9 Å². The van der Waals surface area contributed by atoms with E-state index in [0.29, 0.717) is 18.8 Å². The number of carbonyl (C=O) groups excluding carboxylic acids is 1. The molecule has 0 unspecified atom stereocenters. The number of ether oxygens (including phenoxy) is 1. The summed E-state index contributed by atoms with van der Waals surface area (Å²) < 4.78 is 32.9. The highest BCUT2D eigenvalue weighted by atomic mass is 19.1. The lowest BCUT2D eigenvalue weighted by Gasteiger charge is -2.40. The van der Waals surface area contributed by atoms with Crippen LogP contribution in [0.2, 0.25) is 0 Å². The number of carbonyl (C=O) groups is 1. The fourth-order valence-corrected chi connectivity index (χ4v) is 2.70. The lowest BCUT2D eigenvalue weighted by atomic mass is 9.90. The van der Waals surface area contributed by atoms with Gasteiger partial charge in [0.2, 0.25) is 0 Å². The first-order chi connectivity index (χ1) is 11.9. The van der Waals surface area contributed by atoms with Gasteiger partial charge in [-0.15, -0.1) is 0 Å². The number of aromatic nitrogens is 1. The Kier molecular flexibility index (Phi) is 4.76. The largest absolute Gasteiger partial charge is 0.366 e. The Morgan fingerprint density at radius 3 is 2.88 bits per heavy atom. The van der Waals surface area contributed by atoms with Gasteiger partial charge < -0.3 is 15.8 Å². The first-order valence-corrected chi connectivity index (χ1v) is 7.76. The molecule has 0 saturated carbocycles. The average Bonchev–Trinajstić information content (AvgIpc) is 2.60. The maximum Gasteiger partial charge on any atom is 0.274 e. The van der Waals surface area contributed by atoms with Crippen LogP contribution in [0.15, 0.2) is 36.5 Å². The zero-order valence-corrected chi connectivity index (χ0v) is 13.6. The number of morpholine rings is 1. The Hall–Kier alpha value is -2.42. The van der Waals surface area contributed by atoms with Crippen molar-refractivity contribution in [3.05, 3.63) is 59.4 Å². The second-order valence-corrected chi connectivity index (χ2v) is 5.90. The molecule has 132 valence electrons. The minimum atomic E-state index is -1.07. The van der Waals surface area contributed by atoms with Crippen molar-refractivity contribution in [3.8, 4) is 0 Å². The average molecular weight is 348 g/mol. The Balaban J connectivity index is 1.86. The van der Waals surface area contributed by atoms with Gasteiger partial charge in [0.05, 0.1) is 19.0 Å². The van der Waals surface area contributed by atoms with Gasteiger partial charge in [-0.3, -0.25) is 10.1 Å². The van der Waals surface area contributed by atoms with Crippen LogP contribution in [0.25, 0.3) is 0 Å². The Morgan fingerprint density at radius 2 is 2.20 bits per heavy atom. The molecular formula is C17H18F2N4O2. The molecule has 25 heavy (non-hydrogen) atoms. The minimum Gasteiger partial charge on any atom is -0.366 e. The molecule has 6 nitrogen and oxygen atoms in total. The molecule has 2 atom stereocenters. The van der Waals surface area contributed by atoms with Crippen molar-refractivity contribution in [1.29, 1.82) is 0 Å². The maximum atomic E-state index is 14.3. The summed E-state index contributed by atoms with van der Waals surface area (Å²) in [6.45, 7) is 2.65. The summed E-state index contributed by atoms with van der Waals surface area (Å²) in [7, 11) is 0. The van der Waals surface area contributed by atoms with Crippen LogP contribution in [0.4, 0.5) is 14.5 Å². The molecule has 4 N–H and O–H groups in total. The molecule has 0 aliphatic carbocycles. The van der Waals surface area contributed by atoms with Crippen molar-refractivity contribution in [3.63, 3.8) is 0 Å². The van der Waals surface area contributed by atoms with Gasteiger partial charge in [-0.05, 0) is 37.3 Å². The van der Waals surface area contributed by atoms with Crippen molar-refractivity contribution < 1.29 is 18.3 Å². The summed E-state index contributed by atoms with van der Waals surface area (Å²) in [6, 6.07) is 6.54. The van der Waals surface area contributed by atoms with Crippen molar-refractivity contribution in [2.75, 3.05) is 18.5 Å². The molecule has 2 aromatic rings. The molecule has 3 rings (SSSR count). The number of amides is 1. The van der Waals surface area contributed by atoms with Crippen molar-refractivity contribution >= 4 is 11.6 Å². The number of nitrogens with one attached hydrogen (secondary N) is 2. The van der Waals surface area contributed by atoms with Crippen LogP contribution in [0.1, 0.15) is 23.0 Å². The number of hydrogen-bond acceptors (Lipinski definition) is 5. The van der Waals surface area contributed by atoms with E-state index in [1.807, 2.05) is 0 Å². The van der Waals surface area contributed by atoms with E-state index in [1.54, 1.807) is 6.92 Å². The molecule has 1 amide bonds. The lowest BCUT2D eigenvalue weighted by Crippen LogP contribution is -2.59. The summed E-state index contributed by atoms with van der Waals surface area (Å²) >= 11 is 0. The number of anilines is 1. The fourth-order valence-electron chi connectivity index (χ4n) is 2.70. The highest BCUT2D eigenvalue weighted by Gasteiger charge is 2.39. The Morgan fingerprint density at radius 1 is 1.40 bits per heavy atom. The minimum absolute atomic E-state index is 0.0470. The van der Waals surface area contributed by atoms with Gasteiger partial charge in [-0.1, -0.05) is 0 Å². The van der Waals surface area contributed by atoms with Gasteiger partial charge in [-0.25, -0.2) is 13.8 Å². The van der Waals surface area contributed by atoms with Gasteiger partial charge in [0.15, 0.2) is 0 Å². The second-order valence-electron chi connectivity index (χ2n) is 5.90. The monoisotopic (exact) mass is 348 g/mol. The van der Waals surface area contributed by atoms with Crippen molar-refractivity contribution in [2.45, 2.75) is 18.7 Å². The summed E-state index contributed by atoms with van der Waals surface area (Å²) in [4.78, 5) is 15.9.